The van der Waals surface area contributed by atoms with Gasteiger partial charge < -0.3 is 25.3 Å². The summed E-state index contributed by atoms with van der Waals surface area (Å²) < 4.78 is 15.8. The van der Waals surface area contributed by atoms with Crippen molar-refractivity contribution in [3.8, 4) is 0 Å². The molecule has 0 aliphatic heterocycles. The average Bonchev–Trinajstić information content (AvgIpc) is 2.50. The molecule has 0 aromatic carbocycles. The van der Waals surface area contributed by atoms with E-state index >= 15 is 0 Å². The highest BCUT2D eigenvalue weighted by molar-refractivity contribution is 5.78. The number of nitrogens with one attached hydrogen (secondary N) is 1. The second-order valence-electron chi connectivity index (χ2n) is 9.50. The van der Waals surface area contributed by atoms with E-state index in [1.807, 2.05) is 6.08 Å². The first-order chi connectivity index (χ1) is 13.2. The Morgan fingerprint density at radius 2 is 1.69 bits per heavy atom. The topological polar surface area (TPSA) is 117 Å². The van der Waals surface area contributed by atoms with Crippen molar-refractivity contribution in [3.63, 3.8) is 0 Å². The smallest absolute Gasteiger partial charge is 0.444 e. The van der Waals surface area contributed by atoms with Crippen LogP contribution in [0, 0.1) is 11.8 Å². The number of alkyl carbamates (subject to hydrolysis) is 1. The molecular formula is C21H32N2O6. The number of nitrogens with two attached hydrogens (primary N) is 1. The van der Waals surface area contributed by atoms with Gasteiger partial charge in [-0.15, -0.1) is 0 Å². The molecule has 0 heterocycles. The van der Waals surface area contributed by atoms with Gasteiger partial charge in [0.25, 0.3) is 0 Å². The highest BCUT2D eigenvalue weighted by Gasteiger charge is 2.39. The van der Waals surface area contributed by atoms with Gasteiger partial charge in [0.05, 0.1) is 0 Å². The van der Waals surface area contributed by atoms with Crippen molar-refractivity contribution >= 4 is 18.2 Å². The number of carbonyl (C=O) groups excluding carboxylic acids is 3. The summed E-state index contributed by atoms with van der Waals surface area (Å²) >= 11 is 0. The van der Waals surface area contributed by atoms with Crippen LogP contribution in [0.5, 0.6) is 0 Å². The normalized spacial score (nSPS) is 24.4. The Balaban J connectivity index is 2.07. The fraction of sp³-hybridized carbons (Fsp3) is 0.667. The maximum Gasteiger partial charge on any atom is 0.514 e. The summed E-state index contributed by atoms with van der Waals surface area (Å²) in [6.45, 7) is 10.6. The van der Waals surface area contributed by atoms with Crippen LogP contribution in [0.25, 0.3) is 0 Å². The van der Waals surface area contributed by atoms with Gasteiger partial charge in [-0.05, 0) is 60.5 Å². The van der Waals surface area contributed by atoms with Gasteiger partial charge in [-0.3, -0.25) is 4.79 Å². The molecule has 3 N–H and O–H groups in total. The Bertz CT molecular complexity index is 726. The fourth-order valence-electron chi connectivity index (χ4n) is 3.49. The summed E-state index contributed by atoms with van der Waals surface area (Å²) in [6.07, 6.45) is 3.73. The maximum absolute atomic E-state index is 12.1. The summed E-state index contributed by atoms with van der Waals surface area (Å²) in [5.74, 6) is -0.827. The van der Waals surface area contributed by atoms with Crippen LogP contribution in [0.1, 0.15) is 60.8 Å². The van der Waals surface area contributed by atoms with Crippen molar-refractivity contribution in [1.29, 1.82) is 0 Å². The number of primary amides is 1. The Morgan fingerprint density at radius 3 is 2.24 bits per heavy atom. The van der Waals surface area contributed by atoms with Crippen LogP contribution in [-0.4, -0.2) is 35.4 Å². The molecule has 2 aliphatic carbocycles. The largest absolute Gasteiger partial charge is 0.514 e. The molecule has 0 aromatic rings. The molecule has 0 saturated heterocycles. The predicted molar refractivity (Wildman–Crippen MR) is 107 cm³/mol. The van der Waals surface area contributed by atoms with E-state index in [1.54, 1.807) is 47.6 Å². The number of hydrogen-bond acceptors (Lipinski definition) is 6. The number of rotatable bonds is 3. The molecule has 0 spiro atoms. The van der Waals surface area contributed by atoms with Gasteiger partial charge in [-0.1, -0.05) is 11.6 Å². The minimum atomic E-state index is -0.781. The molecule has 1 saturated carbocycles. The zero-order valence-corrected chi connectivity index (χ0v) is 18.0. The molecule has 1 fully saturated rings. The van der Waals surface area contributed by atoms with E-state index in [0.717, 1.165) is 5.57 Å². The number of carbonyl (C=O) groups is 3. The lowest BCUT2D eigenvalue weighted by molar-refractivity contribution is -0.123. The van der Waals surface area contributed by atoms with Crippen LogP contribution in [0.3, 0.4) is 0 Å². The van der Waals surface area contributed by atoms with Crippen molar-refractivity contribution < 1.29 is 28.6 Å². The number of allylic oxidation sites excluding steroid dienone is 2. The molecule has 162 valence electrons. The van der Waals surface area contributed by atoms with Crippen LogP contribution in [0.15, 0.2) is 23.5 Å². The van der Waals surface area contributed by atoms with Crippen LogP contribution in [-0.2, 0) is 19.0 Å². The standard InChI is InChI=1S/C21H32N2O6/c1-20(2,3)28-18(25)23-13-9-12-7-8-14(27-19(26)29-21(4,5)6)11-15(12)16(10-13)17(22)24/h7,11,13,15-16H,8-10H2,1-6H3,(H2,22,24)(H,23,25)/t13-,15?,16+/m0/s1. The molecule has 0 radical (unpaired) electrons. The van der Waals surface area contributed by atoms with Crippen molar-refractivity contribution in [2.24, 2.45) is 17.6 Å². The summed E-state index contributed by atoms with van der Waals surface area (Å²) in [4.78, 5) is 36.1. The maximum atomic E-state index is 12.1. The van der Waals surface area contributed by atoms with Crippen LogP contribution in [0.4, 0.5) is 9.59 Å². The summed E-state index contributed by atoms with van der Waals surface area (Å²) in [5, 5.41) is 2.83. The molecule has 2 aliphatic rings. The van der Waals surface area contributed by atoms with Crippen LogP contribution < -0.4 is 11.1 Å². The second-order valence-corrected chi connectivity index (χ2v) is 9.50. The third-order valence-corrected chi connectivity index (χ3v) is 4.50. The van der Waals surface area contributed by atoms with Gasteiger partial charge in [0, 0.05) is 24.3 Å². The molecule has 1 unspecified atom stereocenters. The lowest BCUT2D eigenvalue weighted by atomic mass is 9.71. The van der Waals surface area contributed by atoms with E-state index in [2.05, 4.69) is 5.32 Å². The number of hydrogen-bond donors (Lipinski definition) is 2. The Kier molecular flexibility index (Phi) is 6.65. The Morgan fingerprint density at radius 1 is 1.07 bits per heavy atom. The fourth-order valence-corrected chi connectivity index (χ4v) is 3.49. The molecular weight excluding hydrogens is 376 g/mol. The zero-order chi connectivity index (χ0) is 22.0. The molecule has 0 aromatic heterocycles. The predicted octanol–water partition coefficient (Wildman–Crippen LogP) is 3.56. The monoisotopic (exact) mass is 408 g/mol. The second kappa shape index (κ2) is 8.47. The van der Waals surface area contributed by atoms with Gasteiger partial charge in [0.1, 0.15) is 17.0 Å². The average molecular weight is 408 g/mol. The van der Waals surface area contributed by atoms with Gasteiger partial charge in [0.15, 0.2) is 0 Å². The van der Waals surface area contributed by atoms with Gasteiger partial charge in [0.2, 0.25) is 5.91 Å². The van der Waals surface area contributed by atoms with E-state index in [0.29, 0.717) is 25.0 Å². The molecule has 3 atom stereocenters. The van der Waals surface area contributed by atoms with Crippen LogP contribution >= 0.6 is 0 Å². The Hall–Kier alpha value is -2.51. The molecule has 2 rings (SSSR count). The SMILES string of the molecule is CC(C)(C)OC(=O)N[C@H]1CC2=CCC(OC(=O)OC(C)(C)C)=CC2[C@H](C(N)=O)C1. The van der Waals surface area contributed by atoms with Gasteiger partial charge in [-0.2, -0.15) is 0 Å². The minimum absolute atomic E-state index is 0.258. The van der Waals surface area contributed by atoms with E-state index < -0.39 is 35.3 Å². The van der Waals surface area contributed by atoms with Crippen molar-refractivity contribution in [3.05, 3.63) is 23.5 Å². The first-order valence-electron chi connectivity index (χ1n) is 9.83. The quantitative estimate of drug-likeness (QED) is 0.545. The first-order valence-corrected chi connectivity index (χ1v) is 9.83. The van der Waals surface area contributed by atoms with E-state index in [1.165, 1.54) is 0 Å². The zero-order valence-electron chi connectivity index (χ0n) is 18.0. The number of fused-ring (bicyclic) bond motifs is 1. The summed E-state index contributed by atoms with van der Waals surface area (Å²) in [6, 6.07) is -0.258. The summed E-state index contributed by atoms with van der Waals surface area (Å²) in [5.41, 5.74) is 5.35. The lowest BCUT2D eigenvalue weighted by Gasteiger charge is -2.37. The van der Waals surface area contributed by atoms with Gasteiger partial charge >= 0.3 is 12.2 Å². The third-order valence-electron chi connectivity index (χ3n) is 4.50. The van der Waals surface area contributed by atoms with Crippen LogP contribution in [0.2, 0.25) is 0 Å². The lowest BCUT2D eigenvalue weighted by Crippen LogP contribution is -2.46. The molecule has 2 amide bonds. The van der Waals surface area contributed by atoms with Crippen molar-refractivity contribution in [2.75, 3.05) is 0 Å². The van der Waals surface area contributed by atoms with E-state index in [9.17, 15) is 14.4 Å². The van der Waals surface area contributed by atoms with Crippen molar-refractivity contribution in [2.45, 2.75) is 78.0 Å². The van der Waals surface area contributed by atoms with E-state index in [-0.39, 0.29) is 12.0 Å². The third kappa shape index (κ3) is 7.11. The molecule has 29 heavy (non-hydrogen) atoms. The Labute approximate surface area is 171 Å². The molecule has 8 nitrogen and oxygen atoms in total. The minimum Gasteiger partial charge on any atom is -0.444 e. The van der Waals surface area contributed by atoms with Gasteiger partial charge in [-0.25, -0.2) is 9.59 Å². The molecule has 8 heteroatoms. The molecule has 0 bridgehead atoms. The van der Waals surface area contributed by atoms with Crippen molar-refractivity contribution in [1.82, 2.24) is 5.32 Å². The van der Waals surface area contributed by atoms with E-state index in [4.69, 9.17) is 19.9 Å². The number of ether oxygens (including phenoxy) is 3. The first kappa shape index (κ1) is 22.8. The summed E-state index contributed by atoms with van der Waals surface area (Å²) in [7, 11) is 0. The highest BCUT2D eigenvalue weighted by atomic mass is 16.7. The highest BCUT2D eigenvalue weighted by Crippen LogP contribution is 2.40. The number of amides is 2.